The molecule has 47 atom stereocenters. The van der Waals surface area contributed by atoms with Crippen molar-refractivity contribution in [3.63, 3.8) is 0 Å². The van der Waals surface area contributed by atoms with Gasteiger partial charge >= 0.3 is 23.9 Å². The van der Waals surface area contributed by atoms with Crippen molar-refractivity contribution >= 4 is 30.2 Å². The van der Waals surface area contributed by atoms with E-state index in [-0.39, 0.29) is 43.9 Å². The number of aliphatic hydroxyl groups is 20. The molecule has 7 aliphatic heterocycles. The van der Waals surface area contributed by atoms with Crippen LogP contribution >= 0.6 is 0 Å². The van der Waals surface area contributed by atoms with Crippen LogP contribution in [0.3, 0.4) is 0 Å². The molecule has 129 heavy (non-hydrogen) atoms. The van der Waals surface area contributed by atoms with Crippen molar-refractivity contribution in [2.45, 2.75) is 406 Å². The number of ether oxygens (including phenoxy) is 16. The quantitative estimate of drug-likeness (QED) is 0.00759. The molecule has 5 aliphatic carbocycles. The van der Waals surface area contributed by atoms with E-state index < -0.39 is 347 Å². The summed E-state index contributed by atoms with van der Waals surface area (Å²) < 4.78 is 96.3. The van der Waals surface area contributed by atoms with Gasteiger partial charge in [-0.3, -0.25) is 14.4 Å². The lowest BCUT2D eigenvalue weighted by molar-refractivity contribution is -0.391. The van der Waals surface area contributed by atoms with Gasteiger partial charge in [-0.25, -0.2) is 4.79 Å². The van der Waals surface area contributed by atoms with Crippen LogP contribution in [0.15, 0.2) is 11.6 Å². The molecular formula is C87H140O42. The number of esters is 3. The first kappa shape index (κ1) is 104. The number of carbonyl (C=O) groups is 5. The molecule has 7 heterocycles. The Balaban J connectivity index is 0.786. The predicted octanol–water partition coefficient (Wildman–Crippen LogP) is -4.15. The maximum atomic E-state index is 16.2. The van der Waals surface area contributed by atoms with Gasteiger partial charge in [-0.05, 0) is 123 Å². The third-order valence-corrected chi connectivity index (χ3v) is 31.5. The van der Waals surface area contributed by atoms with E-state index in [0.29, 0.717) is 51.4 Å². The molecule has 12 aliphatic rings. The minimum absolute atomic E-state index is 0.0345. The maximum Gasteiger partial charge on any atom is 0.335 e. The summed E-state index contributed by atoms with van der Waals surface area (Å²) in [5.74, 6) is -9.38. The third kappa shape index (κ3) is 20.1. The Labute approximate surface area is 747 Å². The first-order chi connectivity index (χ1) is 60.5. The Kier molecular flexibility index (Phi) is 33.0. The second-order valence-electron chi connectivity index (χ2n) is 40.2. The molecule has 0 aromatic heterocycles. The monoisotopic (exact) mass is 1860 g/mol. The topological polar surface area (TPSA) is 658 Å². The van der Waals surface area contributed by atoms with Crippen molar-refractivity contribution in [3.8, 4) is 0 Å². The number of hydrogen-bond acceptors (Lipinski definition) is 41. The average molecular weight is 1860 g/mol. The van der Waals surface area contributed by atoms with Gasteiger partial charge in [0.15, 0.2) is 49.8 Å². The Hall–Kier alpha value is -4.03. The van der Waals surface area contributed by atoms with Gasteiger partial charge in [0, 0.05) is 12.8 Å². The van der Waals surface area contributed by atoms with E-state index in [9.17, 15) is 126 Å². The Morgan fingerprint density at radius 2 is 1.09 bits per heavy atom. The van der Waals surface area contributed by atoms with Gasteiger partial charge in [-0.1, -0.05) is 93.7 Å². The van der Waals surface area contributed by atoms with E-state index in [0.717, 1.165) is 11.9 Å². The highest BCUT2D eigenvalue weighted by molar-refractivity contribution is 5.80. The van der Waals surface area contributed by atoms with Gasteiger partial charge in [-0.15, -0.1) is 0 Å². The van der Waals surface area contributed by atoms with Crippen LogP contribution in [0.5, 0.6) is 0 Å². The highest BCUT2D eigenvalue weighted by atomic mass is 16.8. The number of aldehydes is 1. The molecule has 0 spiro atoms. The second kappa shape index (κ2) is 40.9. The first-order valence-corrected chi connectivity index (χ1v) is 45.4. The smallest absolute Gasteiger partial charge is 0.335 e. The van der Waals surface area contributed by atoms with Crippen LogP contribution in [0, 0.1) is 62.1 Å². The van der Waals surface area contributed by atoms with Gasteiger partial charge in [0.05, 0.1) is 87.4 Å². The summed E-state index contributed by atoms with van der Waals surface area (Å²) in [5.41, 5.74) is -5.35. The van der Waals surface area contributed by atoms with E-state index in [2.05, 4.69) is 26.8 Å². The van der Waals surface area contributed by atoms with Crippen LogP contribution in [-0.4, -0.2) is 397 Å². The molecule has 0 amide bonds. The fourth-order valence-corrected chi connectivity index (χ4v) is 22.9. The zero-order valence-corrected chi connectivity index (χ0v) is 74.9. The number of fused-ring (bicyclic) bond motifs is 7. The van der Waals surface area contributed by atoms with Crippen LogP contribution in [0.4, 0.5) is 0 Å². The molecule has 21 N–H and O–H groups in total. The van der Waals surface area contributed by atoms with Crippen molar-refractivity contribution in [2.24, 2.45) is 62.1 Å². The normalized spacial score (nSPS) is 48.4. The molecule has 7 saturated heterocycles. The molecule has 0 radical (unpaired) electrons. The van der Waals surface area contributed by atoms with Crippen molar-refractivity contribution in [1.29, 1.82) is 0 Å². The molecule has 4 saturated carbocycles. The van der Waals surface area contributed by atoms with Gasteiger partial charge in [0.25, 0.3) is 0 Å². The number of aliphatic carboxylic acids is 1. The van der Waals surface area contributed by atoms with Crippen LogP contribution in [-0.2, 0) is 99.8 Å². The van der Waals surface area contributed by atoms with Gasteiger partial charge < -0.3 is 188 Å². The summed E-state index contributed by atoms with van der Waals surface area (Å²) in [7, 11) is 0. The second-order valence-corrected chi connectivity index (χ2v) is 40.2. The van der Waals surface area contributed by atoms with Gasteiger partial charge in [-0.2, -0.15) is 0 Å². The van der Waals surface area contributed by atoms with E-state index in [4.69, 9.17) is 75.8 Å². The van der Waals surface area contributed by atoms with Gasteiger partial charge in [0.1, 0.15) is 140 Å². The maximum absolute atomic E-state index is 16.2. The van der Waals surface area contributed by atoms with Crippen LogP contribution < -0.4 is 0 Å². The summed E-state index contributed by atoms with van der Waals surface area (Å²) >= 11 is 0. The molecule has 0 bridgehead atoms. The fourth-order valence-electron chi connectivity index (χ4n) is 22.9. The molecule has 11 fully saturated rings. The molecule has 0 aromatic rings. The summed E-state index contributed by atoms with van der Waals surface area (Å²) in [5, 5.41) is 234. The van der Waals surface area contributed by atoms with Crippen LogP contribution in [0.2, 0.25) is 0 Å². The standard InChI is InChI=1S/C87H140O42/c1-13-35(3)45(119-53(96)25-40(92)24-46(36(4)14-2)129-87(113)34-116-48(30-89)72(87)109)23-39(91)26-54(97)122-67-38(6)118-78(70(64(67)107)126-76-63(106)59(102)66(37(5)117-76)123-74-60(103)55(98)43(93)31-114-74)128-80(112)86-22-21-81(7,8)27-42(86)41-15-16-50-82(9)19-18-52(83(10,33-90)49(82)17-20-84(50,11)85(41,12)28-51(86)95)121-79-71(127-77-62(105)58(101)57(100)47(29-88)120-77)68(65(108)69(125-79)73(110)111)124-75-61(104)56(99)44(94)32-115-75/h15,33,35-40,42-52,55-72,74-79,88-89,91-95,98-109,113H,13-14,16-32,34H2,1-12H3,(H,110,111)/t35-,36-,37?,38?,39-,40-,42?,43?,44+,45-,46-,47?,48-,49?,50?,51+,52-,55-,56?,57-,58?,59?,60?,61?,62?,63?,64?,65+,66-,67+,68?,69?,70?,71?,72?,74+,75-,76-,77-,78-,79+,82-,83-,84+,85+,86+,87?/m0/s1. The summed E-state index contributed by atoms with van der Waals surface area (Å²) in [6.45, 7) is 18.8. The van der Waals surface area contributed by atoms with E-state index in [1.54, 1.807) is 27.7 Å². The number of carboxylic acid groups (broad SMARTS) is 1. The summed E-state index contributed by atoms with van der Waals surface area (Å²) in [4.78, 5) is 71.7. The average Bonchev–Trinajstić information content (AvgIpc) is 0.716. The van der Waals surface area contributed by atoms with Crippen LogP contribution in [0.1, 0.15) is 179 Å². The van der Waals surface area contributed by atoms with Crippen LogP contribution in [0.25, 0.3) is 0 Å². The minimum Gasteiger partial charge on any atom is -0.479 e. The molecule has 740 valence electrons. The summed E-state index contributed by atoms with van der Waals surface area (Å²) in [6, 6.07) is 0. The highest BCUT2D eigenvalue weighted by Crippen LogP contribution is 2.76. The lowest BCUT2D eigenvalue weighted by Gasteiger charge is -2.71. The lowest BCUT2D eigenvalue weighted by atomic mass is 9.33. The van der Waals surface area contributed by atoms with Gasteiger partial charge in [0.2, 0.25) is 12.1 Å². The molecule has 42 heteroatoms. The Bertz CT molecular complexity index is 3810. The zero-order valence-electron chi connectivity index (χ0n) is 74.9. The van der Waals surface area contributed by atoms with Crippen molar-refractivity contribution in [2.75, 3.05) is 33.0 Å². The number of aliphatic hydroxyl groups excluding tert-OH is 19. The fraction of sp³-hybridized carbons (Fsp3) is 0.920. The van der Waals surface area contributed by atoms with Crippen molar-refractivity contribution in [3.05, 3.63) is 11.6 Å². The number of carboxylic acids is 1. The number of rotatable bonds is 32. The van der Waals surface area contributed by atoms with E-state index >= 15 is 4.79 Å². The van der Waals surface area contributed by atoms with Crippen molar-refractivity contribution in [1.82, 2.24) is 0 Å². The molecule has 12 rings (SSSR count). The molecule has 21 unspecified atom stereocenters. The third-order valence-electron chi connectivity index (χ3n) is 31.5. The predicted molar refractivity (Wildman–Crippen MR) is 431 cm³/mol. The molecule has 42 nitrogen and oxygen atoms in total. The number of carbonyl (C=O) groups excluding carboxylic acids is 4. The summed E-state index contributed by atoms with van der Waals surface area (Å²) in [6.07, 6.45) is -59.0. The van der Waals surface area contributed by atoms with Crippen molar-refractivity contribution < 1.29 is 207 Å². The Morgan fingerprint density at radius 1 is 0.535 bits per heavy atom. The first-order valence-electron chi connectivity index (χ1n) is 45.4. The van der Waals surface area contributed by atoms with E-state index in [1.807, 2.05) is 20.8 Å². The SMILES string of the molecule is CC[C@H](C)[C@H](C[C@H](O)CC(=O)O[C@@H]1C(C)O[C@@H](OC(=O)[C@]23CCC(C)(C)CC2C2=CCC4[C@@]5(C)CC[C@H](O[C@@H]6OC(C(=O)O)[C@H](O)C(O[C@@H]7OC[C@@H](O)C(O)C7O)C6O[C@@H]6OC(CO)[C@H](O)C(O)C6O)[C@@](C)(C=O)C5CC[C@@]4(C)[C@]2(C)C[C@H]3O)C(O[C@@H]2OC(C)[C@H](O[C@H]3OCC(O)[C@H](O)C3O)C(O)C2O)C1O)OC(=O)C[C@@H](O)C[C@H](OC1(O)CO[C@@H](CO)C1O)[C@@H](C)CC. The zero-order chi connectivity index (χ0) is 94.9. The highest BCUT2D eigenvalue weighted by Gasteiger charge is 2.74. The number of allylic oxidation sites excluding steroid dienone is 2. The van der Waals surface area contributed by atoms with E-state index in [1.165, 1.54) is 13.8 Å². The minimum atomic E-state index is -2.25. The number of hydrogen-bond donors (Lipinski definition) is 21. The molecule has 0 aromatic carbocycles. The Morgan fingerprint density at radius 3 is 1.68 bits per heavy atom. The molecular weight excluding hydrogens is 1720 g/mol. The largest absolute Gasteiger partial charge is 0.479 e. The lowest BCUT2D eigenvalue weighted by Crippen LogP contribution is -2.69.